The van der Waals surface area contributed by atoms with Crippen LogP contribution in [0.3, 0.4) is 0 Å². The van der Waals surface area contributed by atoms with Crippen molar-refractivity contribution in [1.82, 2.24) is 14.8 Å². The Balaban J connectivity index is 1.28. The molecule has 30 heavy (non-hydrogen) atoms. The Morgan fingerprint density at radius 1 is 1.10 bits per heavy atom. The first-order chi connectivity index (χ1) is 14.6. The highest BCUT2D eigenvalue weighted by Gasteiger charge is 2.27. The van der Waals surface area contributed by atoms with Crippen molar-refractivity contribution in [2.75, 3.05) is 50.7 Å². The zero-order valence-electron chi connectivity index (χ0n) is 17.1. The van der Waals surface area contributed by atoms with Crippen LogP contribution >= 0.6 is 11.6 Å². The van der Waals surface area contributed by atoms with Gasteiger partial charge >= 0.3 is 0 Å². The minimum absolute atomic E-state index is 0.0287. The average Bonchev–Trinajstić information content (AvgIpc) is 2.77. The summed E-state index contributed by atoms with van der Waals surface area (Å²) in [5, 5.41) is 0.322. The molecule has 1 aromatic heterocycles. The lowest BCUT2D eigenvalue weighted by atomic mass is 9.96. The number of piperazine rings is 1. The highest BCUT2D eigenvalue weighted by atomic mass is 35.5. The topological polar surface area (TPSA) is 39.7 Å². The molecule has 2 saturated heterocycles. The lowest BCUT2D eigenvalue weighted by molar-refractivity contribution is -0.132. The Morgan fingerprint density at radius 2 is 1.93 bits per heavy atom. The lowest BCUT2D eigenvalue weighted by Gasteiger charge is -2.39. The van der Waals surface area contributed by atoms with E-state index >= 15 is 0 Å². The summed E-state index contributed by atoms with van der Waals surface area (Å²) in [6, 6.07) is 10.6. The minimum atomic E-state index is -0.407. The molecule has 0 aliphatic carbocycles. The number of hydrogen-bond donors (Lipinski definition) is 0. The molecule has 1 atom stereocenters. The van der Waals surface area contributed by atoms with Gasteiger partial charge < -0.3 is 9.80 Å². The van der Waals surface area contributed by atoms with E-state index in [0.717, 1.165) is 64.5 Å². The molecule has 5 nitrogen and oxygen atoms in total. The van der Waals surface area contributed by atoms with E-state index in [-0.39, 0.29) is 12.3 Å². The molecule has 3 heterocycles. The number of halogens is 2. The quantitative estimate of drug-likeness (QED) is 0.728. The third-order valence-corrected chi connectivity index (χ3v) is 6.48. The number of carbonyl (C=O) groups excluding carboxylic acids is 1. The Labute approximate surface area is 182 Å². The predicted molar refractivity (Wildman–Crippen MR) is 117 cm³/mol. The lowest BCUT2D eigenvalue weighted by Crippen LogP contribution is -2.50. The molecule has 0 spiro atoms. The van der Waals surface area contributed by atoms with Gasteiger partial charge in [0.1, 0.15) is 11.6 Å². The Hall–Kier alpha value is -2.18. The van der Waals surface area contributed by atoms with Crippen molar-refractivity contribution in [2.24, 2.45) is 5.92 Å². The first-order valence-electron chi connectivity index (χ1n) is 10.7. The highest BCUT2D eigenvalue weighted by Crippen LogP contribution is 2.23. The van der Waals surface area contributed by atoms with Crippen molar-refractivity contribution < 1.29 is 9.18 Å². The van der Waals surface area contributed by atoms with Gasteiger partial charge in [0.2, 0.25) is 5.91 Å². The highest BCUT2D eigenvalue weighted by molar-refractivity contribution is 6.31. The van der Waals surface area contributed by atoms with Crippen LogP contribution < -0.4 is 4.90 Å². The standard InChI is InChI=1S/C23H28ClFN4O/c24-20-6-3-7-21(25)19(20)15-23(30)29-10-4-5-18(17-29)16-27-11-13-28(14-12-27)22-8-1-2-9-26-22/h1-3,6-9,18H,4-5,10-17H2. The van der Waals surface area contributed by atoms with Crippen LogP contribution in [0.2, 0.25) is 5.02 Å². The molecular formula is C23H28ClFN4O. The van der Waals surface area contributed by atoms with Crippen LogP contribution in [0.15, 0.2) is 42.6 Å². The smallest absolute Gasteiger partial charge is 0.227 e. The Morgan fingerprint density at radius 3 is 2.67 bits per heavy atom. The molecule has 1 aromatic carbocycles. The van der Waals surface area contributed by atoms with Crippen molar-refractivity contribution in [3.05, 3.63) is 59.0 Å². The second-order valence-corrected chi connectivity index (χ2v) is 8.61. The minimum Gasteiger partial charge on any atom is -0.354 e. The van der Waals surface area contributed by atoms with Gasteiger partial charge in [0.25, 0.3) is 0 Å². The number of aromatic nitrogens is 1. The van der Waals surface area contributed by atoms with Crippen LogP contribution in [0, 0.1) is 11.7 Å². The second kappa shape index (κ2) is 9.75. The van der Waals surface area contributed by atoms with Crippen LogP contribution in [0.25, 0.3) is 0 Å². The van der Waals surface area contributed by atoms with Crippen LogP contribution in [0.1, 0.15) is 18.4 Å². The van der Waals surface area contributed by atoms with Gasteiger partial charge in [0.15, 0.2) is 0 Å². The zero-order valence-corrected chi connectivity index (χ0v) is 17.9. The van der Waals surface area contributed by atoms with Gasteiger partial charge in [-0.1, -0.05) is 23.7 Å². The summed E-state index contributed by atoms with van der Waals surface area (Å²) < 4.78 is 14.0. The van der Waals surface area contributed by atoms with Gasteiger partial charge in [0, 0.05) is 62.6 Å². The van der Waals surface area contributed by atoms with E-state index in [1.165, 1.54) is 6.07 Å². The number of amides is 1. The van der Waals surface area contributed by atoms with Crippen molar-refractivity contribution in [3.63, 3.8) is 0 Å². The summed E-state index contributed by atoms with van der Waals surface area (Å²) >= 11 is 6.10. The molecule has 0 N–H and O–H groups in total. The van der Waals surface area contributed by atoms with Crippen molar-refractivity contribution >= 4 is 23.3 Å². The largest absolute Gasteiger partial charge is 0.354 e. The molecule has 2 fully saturated rings. The van der Waals surface area contributed by atoms with Gasteiger partial charge in [0.05, 0.1) is 6.42 Å². The number of hydrogen-bond acceptors (Lipinski definition) is 4. The molecule has 0 saturated carbocycles. The van der Waals surface area contributed by atoms with Crippen molar-refractivity contribution in [1.29, 1.82) is 0 Å². The first-order valence-corrected chi connectivity index (χ1v) is 11.1. The summed E-state index contributed by atoms with van der Waals surface area (Å²) in [5.74, 6) is 1.06. The normalized spacial score (nSPS) is 20.4. The van der Waals surface area contributed by atoms with E-state index in [2.05, 4.69) is 20.9 Å². The zero-order chi connectivity index (χ0) is 20.9. The molecule has 0 bridgehead atoms. The maximum absolute atomic E-state index is 14.0. The summed E-state index contributed by atoms with van der Waals surface area (Å²) in [4.78, 5) is 23.9. The Bertz CT molecular complexity index is 837. The molecule has 1 unspecified atom stereocenters. The van der Waals surface area contributed by atoms with Crippen LogP contribution in [-0.2, 0) is 11.2 Å². The maximum Gasteiger partial charge on any atom is 0.227 e. The number of benzene rings is 1. The van der Waals surface area contributed by atoms with E-state index in [4.69, 9.17) is 11.6 Å². The predicted octanol–water partition coefficient (Wildman–Crippen LogP) is 3.48. The van der Waals surface area contributed by atoms with Gasteiger partial charge in [-0.2, -0.15) is 0 Å². The number of carbonyl (C=O) groups is 1. The number of nitrogens with zero attached hydrogens (tertiary/aromatic N) is 4. The summed E-state index contributed by atoms with van der Waals surface area (Å²) in [7, 11) is 0. The summed E-state index contributed by atoms with van der Waals surface area (Å²) in [6.07, 6.45) is 3.99. The molecule has 1 amide bonds. The number of piperidine rings is 1. The van der Waals surface area contributed by atoms with Gasteiger partial charge in [-0.05, 0) is 43.0 Å². The summed E-state index contributed by atoms with van der Waals surface area (Å²) in [5.41, 5.74) is 0.303. The molecule has 2 aromatic rings. The SMILES string of the molecule is O=C(Cc1c(F)cccc1Cl)N1CCCC(CN2CCN(c3ccccn3)CC2)C1. The second-order valence-electron chi connectivity index (χ2n) is 8.20. The number of anilines is 1. The number of rotatable bonds is 5. The van der Waals surface area contributed by atoms with Gasteiger partial charge in [-0.15, -0.1) is 0 Å². The molecule has 2 aliphatic rings. The fraction of sp³-hybridized carbons (Fsp3) is 0.478. The third kappa shape index (κ3) is 5.10. The number of pyridine rings is 1. The molecular weight excluding hydrogens is 403 g/mol. The van der Waals surface area contributed by atoms with Crippen molar-refractivity contribution in [3.8, 4) is 0 Å². The van der Waals surface area contributed by atoms with Crippen molar-refractivity contribution in [2.45, 2.75) is 19.3 Å². The molecule has 2 aliphatic heterocycles. The maximum atomic E-state index is 14.0. The first kappa shape index (κ1) is 21.1. The molecule has 160 valence electrons. The van der Waals surface area contributed by atoms with E-state index < -0.39 is 5.82 Å². The Kier molecular flexibility index (Phi) is 6.85. The fourth-order valence-corrected chi connectivity index (χ4v) is 4.70. The van der Waals surface area contributed by atoms with E-state index in [0.29, 0.717) is 16.5 Å². The van der Waals surface area contributed by atoms with Crippen LogP contribution in [-0.4, -0.2) is 66.5 Å². The van der Waals surface area contributed by atoms with E-state index in [1.807, 2.05) is 23.2 Å². The third-order valence-electron chi connectivity index (χ3n) is 6.12. The van der Waals surface area contributed by atoms with E-state index in [1.54, 1.807) is 12.1 Å². The van der Waals surface area contributed by atoms with Gasteiger partial charge in [-0.3, -0.25) is 9.69 Å². The monoisotopic (exact) mass is 430 g/mol. The van der Waals surface area contributed by atoms with Crippen LogP contribution in [0.5, 0.6) is 0 Å². The molecule has 4 rings (SSSR count). The van der Waals surface area contributed by atoms with Gasteiger partial charge in [-0.25, -0.2) is 9.37 Å². The van der Waals surface area contributed by atoms with Crippen LogP contribution in [0.4, 0.5) is 10.2 Å². The molecule has 0 radical (unpaired) electrons. The average molecular weight is 431 g/mol. The van der Waals surface area contributed by atoms with E-state index in [9.17, 15) is 9.18 Å². The fourth-order valence-electron chi connectivity index (χ4n) is 4.47. The molecule has 7 heteroatoms. The summed E-state index contributed by atoms with van der Waals surface area (Å²) in [6.45, 7) is 6.44. The number of likely N-dealkylation sites (tertiary alicyclic amines) is 1.